The van der Waals surface area contributed by atoms with Crippen LogP contribution in [-0.4, -0.2) is 39.1 Å². The predicted molar refractivity (Wildman–Crippen MR) is 96.3 cm³/mol. The lowest BCUT2D eigenvalue weighted by molar-refractivity contribution is -0.119. The van der Waals surface area contributed by atoms with Crippen molar-refractivity contribution in [1.29, 1.82) is 0 Å². The zero-order valence-electron chi connectivity index (χ0n) is 14.8. The summed E-state index contributed by atoms with van der Waals surface area (Å²) in [6.45, 7) is 8.63. The fraction of sp³-hybridized carbons (Fsp3) is 0.471. The molecule has 0 saturated carbocycles. The van der Waals surface area contributed by atoms with Crippen molar-refractivity contribution in [3.8, 4) is 17.1 Å². The van der Waals surface area contributed by atoms with Gasteiger partial charge < -0.3 is 14.6 Å². The van der Waals surface area contributed by atoms with Gasteiger partial charge in [0.15, 0.2) is 11.0 Å². The average Bonchev–Trinajstić information content (AvgIpc) is 2.94. The van der Waals surface area contributed by atoms with Crippen molar-refractivity contribution in [2.24, 2.45) is 0 Å². The van der Waals surface area contributed by atoms with Gasteiger partial charge in [-0.05, 0) is 39.8 Å². The molecule has 0 atom stereocenters. The van der Waals surface area contributed by atoms with Gasteiger partial charge in [-0.2, -0.15) is 0 Å². The molecule has 0 unspecified atom stereocenters. The number of amides is 1. The minimum atomic E-state index is -0.237. The summed E-state index contributed by atoms with van der Waals surface area (Å²) in [5.41, 5.74) is 0.652. The van der Waals surface area contributed by atoms with Gasteiger partial charge in [0.25, 0.3) is 0 Å². The van der Waals surface area contributed by atoms with E-state index in [9.17, 15) is 4.79 Å². The third-order valence-electron chi connectivity index (χ3n) is 3.23. The highest BCUT2D eigenvalue weighted by atomic mass is 32.2. The van der Waals surface area contributed by atoms with E-state index in [1.165, 1.54) is 11.8 Å². The van der Waals surface area contributed by atoms with E-state index in [-0.39, 0.29) is 11.4 Å². The average molecular weight is 348 g/mol. The maximum absolute atomic E-state index is 12.0. The highest BCUT2D eigenvalue weighted by molar-refractivity contribution is 7.99. The number of carbonyl (C=O) groups excluding carboxylic acids is 1. The zero-order chi connectivity index (χ0) is 17.7. The lowest BCUT2D eigenvalue weighted by Crippen LogP contribution is -2.41. The molecule has 0 saturated heterocycles. The molecular formula is C17H24N4O2S. The van der Waals surface area contributed by atoms with Gasteiger partial charge in [-0.25, -0.2) is 0 Å². The Morgan fingerprint density at radius 3 is 2.62 bits per heavy atom. The van der Waals surface area contributed by atoms with Crippen LogP contribution in [0.5, 0.6) is 5.75 Å². The maximum Gasteiger partial charge on any atom is 0.230 e. The highest BCUT2D eigenvalue weighted by Gasteiger charge is 2.18. The van der Waals surface area contributed by atoms with E-state index in [4.69, 9.17) is 4.74 Å². The summed E-state index contributed by atoms with van der Waals surface area (Å²) in [6.07, 6.45) is 0. The second kappa shape index (κ2) is 7.70. The van der Waals surface area contributed by atoms with Crippen molar-refractivity contribution in [3.05, 3.63) is 24.3 Å². The first kappa shape index (κ1) is 18.3. The van der Waals surface area contributed by atoms with Crippen LogP contribution < -0.4 is 10.1 Å². The summed E-state index contributed by atoms with van der Waals surface area (Å²) < 4.78 is 7.40. The number of hydrogen-bond acceptors (Lipinski definition) is 5. The molecule has 1 heterocycles. The minimum absolute atomic E-state index is 0.0167. The molecule has 2 rings (SSSR count). The van der Waals surface area contributed by atoms with Gasteiger partial charge in [0.1, 0.15) is 5.75 Å². The molecule has 0 aliphatic carbocycles. The first-order valence-corrected chi connectivity index (χ1v) is 8.84. The first-order valence-electron chi connectivity index (χ1n) is 7.86. The van der Waals surface area contributed by atoms with Gasteiger partial charge in [-0.3, -0.25) is 4.79 Å². The molecule has 0 spiro atoms. The van der Waals surface area contributed by atoms with Crippen molar-refractivity contribution in [2.45, 2.75) is 44.9 Å². The van der Waals surface area contributed by atoms with Crippen molar-refractivity contribution >= 4 is 17.7 Å². The Labute approximate surface area is 147 Å². The zero-order valence-corrected chi connectivity index (χ0v) is 15.6. The van der Waals surface area contributed by atoms with Gasteiger partial charge in [-0.1, -0.05) is 23.9 Å². The van der Waals surface area contributed by atoms with Crippen molar-refractivity contribution in [3.63, 3.8) is 0 Å². The molecule has 24 heavy (non-hydrogen) atoms. The topological polar surface area (TPSA) is 69.0 Å². The Bertz CT molecular complexity index is 707. The van der Waals surface area contributed by atoms with Crippen LogP contribution in [0, 0.1) is 0 Å². The van der Waals surface area contributed by atoms with Crippen molar-refractivity contribution in [2.75, 3.05) is 12.9 Å². The van der Waals surface area contributed by atoms with Gasteiger partial charge >= 0.3 is 0 Å². The largest absolute Gasteiger partial charge is 0.496 e. The third-order valence-corrected chi connectivity index (χ3v) is 4.19. The Hall–Kier alpha value is -2.02. The summed E-state index contributed by atoms with van der Waals surface area (Å²) >= 11 is 1.39. The smallest absolute Gasteiger partial charge is 0.230 e. The number of thioether (sulfide) groups is 1. The van der Waals surface area contributed by atoms with E-state index in [1.54, 1.807) is 7.11 Å². The first-order chi connectivity index (χ1) is 11.4. The second-order valence-electron chi connectivity index (χ2n) is 6.34. The molecule has 1 aromatic heterocycles. The number of aromatic nitrogens is 3. The van der Waals surface area contributed by atoms with Crippen LogP contribution in [0.1, 0.15) is 27.7 Å². The molecule has 7 heteroatoms. The molecular weight excluding hydrogens is 324 g/mol. The molecule has 2 aromatic rings. The molecule has 0 aliphatic heterocycles. The number of nitrogens with zero attached hydrogens (tertiary/aromatic N) is 3. The molecule has 0 radical (unpaired) electrons. The fourth-order valence-corrected chi connectivity index (χ4v) is 3.10. The predicted octanol–water partition coefficient (Wildman–Crippen LogP) is 2.98. The number of rotatable bonds is 6. The Morgan fingerprint density at radius 2 is 2.00 bits per heavy atom. The SMILES string of the molecule is CCn1c(SCC(=O)NC(C)(C)C)nnc1-c1ccccc1OC. The fourth-order valence-electron chi connectivity index (χ4n) is 2.29. The Balaban J connectivity index is 2.19. The van der Waals surface area contributed by atoms with E-state index in [1.807, 2.05) is 56.5 Å². The van der Waals surface area contributed by atoms with Crippen molar-refractivity contribution in [1.82, 2.24) is 20.1 Å². The molecule has 1 aromatic carbocycles. The van der Waals surface area contributed by atoms with Crippen molar-refractivity contribution < 1.29 is 9.53 Å². The monoisotopic (exact) mass is 348 g/mol. The van der Waals surface area contributed by atoms with Gasteiger partial charge in [-0.15, -0.1) is 10.2 Å². The summed E-state index contributed by atoms with van der Waals surface area (Å²) in [6, 6.07) is 7.71. The third kappa shape index (κ3) is 4.50. The number of para-hydroxylation sites is 1. The van der Waals surface area contributed by atoms with E-state index in [0.29, 0.717) is 12.3 Å². The summed E-state index contributed by atoms with van der Waals surface area (Å²) in [4.78, 5) is 12.0. The summed E-state index contributed by atoms with van der Waals surface area (Å²) in [5, 5.41) is 12.2. The Morgan fingerprint density at radius 1 is 1.29 bits per heavy atom. The quantitative estimate of drug-likeness (QED) is 0.813. The highest BCUT2D eigenvalue weighted by Crippen LogP contribution is 2.30. The lowest BCUT2D eigenvalue weighted by Gasteiger charge is -2.20. The van der Waals surface area contributed by atoms with Crippen LogP contribution in [0.3, 0.4) is 0 Å². The molecule has 0 bridgehead atoms. The Kier molecular flexibility index (Phi) is 5.88. The van der Waals surface area contributed by atoms with Crippen LogP contribution in [0.15, 0.2) is 29.4 Å². The number of hydrogen-bond donors (Lipinski definition) is 1. The molecule has 1 N–H and O–H groups in total. The number of carbonyl (C=O) groups is 1. The van der Waals surface area contributed by atoms with E-state index >= 15 is 0 Å². The standard InChI is InChI=1S/C17H24N4O2S/c1-6-21-15(12-9-7-8-10-13(12)23-5)19-20-16(21)24-11-14(22)18-17(2,3)4/h7-10H,6,11H2,1-5H3,(H,18,22). The number of nitrogens with one attached hydrogen (secondary N) is 1. The maximum atomic E-state index is 12.0. The van der Waals surface area contributed by atoms with E-state index in [2.05, 4.69) is 15.5 Å². The van der Waals surface area contributed by atoms with Crippen LogP contribution in [0.25, 0.3) is 11.4 Å². The normalized spacial score (nSPS) is 11.4. The molecule has 6 nitrogen and oxygen atoms in total. The second-order valence-corrected chi connectivity index (χ2v) is 7.28. The number of methoxy groups -OCH3 is 1. The number of benzene rings is 1. The minimum Gasteiger partial charge on any atom is -0.496 e. The van der Waals surface area contributed by atoms with Crippen LogP contribution in [0.4, 0.5) is 0 Å². The van der Waals surface area contributed by atoms with Gasteiger partial charge in [0.2, 0.25) is 5.91 Å². The molecule has 0 aliphatic rings. The van der Waals surface area contributed by atoms with Crippen LogP contribution in [0.2, 0.25) is 0 Å². The lowest BCUT2D eigenvalue weighted by atomic mass is 10.1. The summed E-state index contributed by atoms with van der Waals surface area (Å²) in [5.74, 6) is 1.79. The van der Waals surface area contributed by atoms with E-state index < -0.39 is 0 Å². The van der Waals surface area contributed by atoms with E-state index in [0.717, 1.165) is 22.3 Å². The van der Waals surface area contributed by atoms with Gasteiger partial charge in [0.05, 0.1) is 18.4 Å². The van der Waals surface area contributed by atoms with Crippen LogP contribution in [-0.2, 0) is 11.3 Å². The molecule has 130 valence electrons. The van der Waals surface area contributed by atoms with Crippen LogP contribution >= 0.6 is 11.8 Å². The number of ether oxygens (including phenoxy) is 1. The molecule has 0 fully saturated rings. The molecule has 1 amide bonds. The summed E-state index contributed by atoms with van der Waals surface area (Å²) in [7, 11) is 1.64. The van der Waals surface area contributed by atoms with Gasteiger partial charge in [0, 0.05) is 12.1 Å².